The lowest BCUT2D eigenvalue weighted by Gasteiger charge is -2.23. The van der Waals surface area contributed by atoms with Crippen molar-refractivity contribution in [2.45, 2.75) is 45.8 Å². The first-order valence-electron chi connectivity index (χ1n) is 7.12. The van der Waals surface area contributed by atoms with Crippen LogP contribution < -0.4 is 0 Å². The number of rotatable bonds is 9. The maximum atomic E-state index is 12.4. The van der Waals surface area contributed by atoms with Crippen LogP contribution in [0.4, 0.5) is 4.79 Å². The largest absolute Gasteiger partial charge is 0.428 e. The van der Waals surface area contributed by atoms with Crippen molar-refractivity contribution in [1.82, 2.24) is 0 Å². The van der Waals surface area contributed by atoms with Crippen LogP contribution in [0.3, 0.4) is 0 Å². The standard InChI is InChI=1S/C15H22O7S2/c1-9(16)12(7-23-11(3)18)6-13(19)15(4,5)24-14(20)22-8-21-10(2)17/h12H,6-8H2,1-5H3/t12-/m0/s1. The number of hydrogen-bond donors (Lipinski definition) is 0. The van der Waals surface area contributed by atoms with E-state index >= 15 is 0 Å². The average Bonchev–Trinajstić information content (AvgIpc) is 2.41. The number of hydrogen-bond acceptors (Lipinski definition) is 9. The van der Waals surface area contributed by atoms with Gasteiger partial charge in [0, 0.05) is 31.9 Å². The van der Waals surface area contributed by atoms with Gasteiger partial charge in [-0.25, -0.2) is 4.79 Å². The monoisotopic (exact) mass is 378 g/mol. The van der Waals surface area contributed by atoms with Crippen LogP contribution in [-0.2, 0) is 28.7 Å². The van der Waals surface area contributed by atoms with Crippen LogP contribution >= 0.6 is 23.5 Å². The molecule has 0 aromatic rings. The number of ketones is 2. The summed E-state index contributed by atoms with van der Waals surface area (Å²) >= 11 is 1.64. The molecule has 0 bridgehead atoms. The third kappa shape index (κ3) is 9.71. The summed E-state index contributed by atoms with van der Waals surface area (Å²) in [5.74, 6) is -1.43. The van der Waals surface area contributed by atoms with E-state index in [-0.39, 0.29) is 28.9 Å². The molecule has 0 fully saturated rings. The molecule has 0 aliphatic rings. The highest BCUT2D eigenvalue weighted by Gasteiger charge is 2.34. The van der Waals surface area contributed by atoms with Gasteiger partial charge in [-0.1, -0.05) is 11.8 Å². The molecular formula is C15H22O7S2. The van der Waals surface area contributed by atoms with Crippen molar-refractivity contribution >= 4 is 51.5 Å². The number of thioether (sulfide) groups is 2. The average molecular weight is 378 g/mol. The third-order valence-corrected chi connectivity index (χ3v) is 4.94. The molecule has 0 spiro atoms. The molecule has 0 heterocycles. The fraction of sp³-hybridized carbons (Fsp3) is 0.667. The van der Waals surface area contributed by atoms with Gasteiger partial charge >= 0.3 is 11.3 Å². The van der Waals surface area contributed by atoms with Crippen molar-refractivity contribution in [3.63, 3.8) is 0 Å². The highest BCUT2D eigenvalue weighted by atomic mass is 32.2. The van der Waals surface area contributed by atoms with E-state index in [1.165, 1.54) is 20.8 Å². The van der Waals surface area contributed by atoms with E-state index in [1.54, 1.807) is 13.8 Å². The highest BCUT2D eigenvalue weighted by Crippen LogP contribution is 2.30. The predicted octanol–water partition coefficient (Wildman–Crippen LogP) is 2.60. The van der Waals surface area contributed by atoms with Crippen LogP contribution in [0.5, 0.6) is 0 Å². The Kier molecular flexibility index (Phi) is 9.91. The van der Waals surface area contributed by atoms with E-state index in [4.69, 9.17) is 0 Å². The molecule has 0 unspecified atom stereocenters. The van der Waals surface area contributed by atoms with Crippen molar-refractivity contribution < 1.29 is 33.4 Å². The van der Waals surface area contributed by atoms with E-state index in [0.717, 1.165) is 11.8 Å². The number of ether oxygens (including phenoxy) is 2. The SMILES string of the molecule is CC(=O)OCOC(=O)SC(C)(C)C(=O)C[C@@H](CSC(C)=O)C(C)=O. The van der Waals surface area contributed by atoms with Crippen LogP contribution in [0.1, 0.15) is 41.0 Å². The molecule has 0 N–H and O–H groups in total. The predicted molar refractivity (Wildman–Crippen MR) is 91.7 cm³/mol. The first-order valence-corrected chi connectivity index (χ1v) is 8.92. The molecular weight excluding hydrogens is 356 g/mol. The Morgan fingerprint density at radius 2 is 1.58 bits per heavy atom. The minimum absolute atomic E-state index is 0.0627. The second kappa shape index (κ2) is 10.5. The molecule has 7 nitrogen and oxygen atoms in total. The van der Waals surface area contributed by atoms with Gasteiger partial charge in [-0.05, 0) is 32.5 Å². The topological polar surface area (TPSA) is 104 Å². The van der Waals surface area contributed by atoms with E-state index in [1.807, 2.05) is 0 Å². The molecule has 0 aromatic carbocycles. The van der Waals surface area contributed by atoms with E-state index in [0.29, 0.717) is 11.8 Å². The maximum absolute atomic E-state index is 12.4. The highest BCUT2D eigenvalue weighted by molar-refractivity contribution is 8.15. The summed E-state index contributed by atoms with van der Waals surface area (Å²) in [5, 5.41) is -0.886. The van der Waals surface area contributed by atoms with Gasteiger partial charge in [0.05, 0.1) is 4.75 Å². The van der Waals surface area contributed by atoms with Crippen LogP contribution in [0, 0.1) is 5.92 Å². The Morgan fingerprint density at radius 3 is 2.04 bits per heavy atom. The van der Waals surface area contributed by atoms with Gasteiger partial charge < -0.3 is 9.47 Å². The van der Waals surface area contributed by atoms with Gasteiger partial charge in [-0.3, -0.25) is 19.2 Å². The lowest BCUT2D eigenvalue weighted by molar-refractivity contribution is -0.148. The zero-order valence-corrected chi connectivity index (χ0v) is 16.0. The number of Topliss-reactive ketones (excluding diaryl/α,β-unsaturated/α-hetero) is 2. The van der Waals surface area contributed by atoms with Crippen molar-refractivity contribution in [3.8, 4) is 0 Å². The second-order valence-electron chi connectivity index (χ2n) is 5.50. The smallest absolute Gasteiger partial charge is 0.371 e. The van der Waals surface area contributed by atoms with Gasteiger partial charge in [0.15, 0.2) is 5.12 Å². The number of carbonyl (C=O) groups is 5. The van der Waals surface area contributed by atoms with E-state index < -0.39 is 28.7 Å². The summed E-state index contributed by atoms with van der Waals surface area (Å²) in [5.41, 5.74) is 0. The zero-order chi connectivity index (χ0) is 18.9. The van der Waals surface area contributed by atoms with Crippen molar-refractivity contribution in [2.75, 3.05) is 12.5 Å². The molecule has 24 heavy (non-hydrogen) atoms. The summed E-state index contributed by atoms with van der Waals surface area (Å²) in [6, 6.07) is 0. The molecule has 0 saturated carbocycles. The lowest BCUT2D eigenvalue weighted by atomic mass is 9.94. The molecule has 9 heteroatoms. The summed E-state index contributed by atoms with van der Waals surface area (Å²) in [6.07, 6.45) is -0.0627. The first kappa shape index (κ1) is 22.6. The maximum Gasteiger partial charge on any atom is 0.371 e. The zero-order valence-electron chi connectivity index (χ0n) is 14.4. The normalized spacial score (nSPS) is 12.2. The van der Waals surface area contributed by atoms with Crippen LogP contribution in [-0.4, -0.2) is 45.2 Å². The second-order valence-corrected chi connectivity index (χ2v) is 8.25. The van der Waals surface area contributed by atoms with E-state index in [9.17, 15) is 24.0 Å². The summed E-state index contributed by atoms with van der Waals surface area (Å²) in [6.45, 7) is 6.51. The Labute approximate surface area is 149 Å². The Balaban J connectivity index is 4.61. The summed E-state index contributed by atoms with van der Waals surface area (Å²) in [7, 11) is 0. The van der Waals surface area contributed by atoms with Crippen LogP contribution in [0.25, 0.3) is 0 Å². The Hall–Kier alpha value is -1.35. The van der Waals surface area contributed by atoms with E-state index in [2.05, 4.69) is 9.47 Å². The lowest BCUT2D eigenvalue weighted by Crippen LogP contribution is -2.33. The third-order valence-electron chi connectivity index (χ3n) is 2.94. The van der Waals surface area contributed by atoms with Gasteiger partial charge in [0.2, 0.25) is 6.79 Å². The molecule has 0 aromatic heterocycles. The quantitative estimate of drug-likeness (QED) is 0.442. The molecule has 0 aliphatic carbocycles. The van der Waals surface area contributed by atoms with Gasteiger partial charge in [0.1, 0.15) is 11.6 Å². The van der Waals surface area contributed by atoms with Crippen LogP contribution in [0.2, 0.25) is 0 Å². The molecule has 0 aliphatic heterocycles. The minimum Gasteiger partial charge on any atom is -0.428 e. The van der Waals surface area contributed by atoms with Crippen molar-refractivity contribution in [1.29, 1.82) is 0 Å². The first-order chi connectivity index (χ1) is 11.0. The van der Waals surface area contributed by atoms with Gasteiger partial charge in [-0.2, -0.15) is 0 Å². The summed E-state index contributed by atoms with van der Waals surface area (Å²) < 4.78 is 8.05. The number of esters is 1. The molecule has 136 valence electrons. The number of carbonyl (C=O) groups excluding carboxylic acids is 5. The molecule has 0 saturated heterocycles. The Bertz CT molecular complexity index is 514. The summed E-state index contributed by atoms with van der Waals surface area (Å²) in [4.78, 5) is 57.3. The minimum atomic E-state index is -1.11. The molecule has 0 rings (SSSR count). The van der Waals surface area contributed by atoms with Crippen molar-refractivity contribution in [2.24, 2.45) is 5.92 Å². The molecule has 0 radical (unpaired) electrons. The van der Waals surface area contributed by atoms with Gasteiger partial charge in [0.25, 0.3) is 0 Å². The molecule has 1 atom stereocenters. The van der Waals surface area contributed by atoms with Crippen molar-refractivity contribution in [3.05, 3.63) is 0 Å². The van der Waals surface area contributed by atoms with Crippen LogP contribution in [0.15, 0.2) is 0 Å². The molecule has 0 amide bonds. The Morgan fingerprint density at radius 1 is 1.00 bits per heavy atom. The van der Waals surface area contributed by atoms with Gasteiger partial charge in [-0.15, -0.1) is 0 Å². The fourth-order valence-electron chi connectivity index (χ4n) is 1.46. The fourth-order valence-corrected chi connectivity index (χ4v) is 2.97.